The van der Waals surface area contributed by atoms with Crippen molar-refractivity contribution in [1.82, 2.24) is 0 Å². The highest BCUT2D eigenvalue weighted by Gasteiger charge is 1.93. The lowest BCUT2D eigenvalue weighted by molar-refractivity contribution is 0.485. The second kappa shape index (κ2) is 4.80. The van der Waals surface area contributed by atoms with E-state index in [1.807, 2.05) is 24.3 Å². The molecular formula is C12H15F. The summed E-state index contributed by atoms with van der Waals surface area (Å²) >= 11 is 0. The van der Waals surface area contributed by atoms with E-state index in [1.54, 1.807) is 0 Å². The van der Waals surface area contributed by atoms with E-state index >= 15 is 0 Å². The standard InChI is InChI=1S/C12H15F/c1-10(2)6-7-11-4-3-5-12(8-11)9-13/h3-6,8H,7,9H2,1-2H3. The molecular weight excluding hydrogens is 163 g/mol. The van der Waals surface area contributed by atoms with Gasteiger partial charge in [0.1, 0.15) is 6.67 Å². The molecule has 0 unspecified atom stereocenters. The minimum Gasteiger partial charge on any atom is -0.246 e. The van der Waals surface area contributed by atoms with Gasteiger partial charge in [0.05, 0.1) is 0 Å². The van der Waals surface area contributed by atoms with Crippen molar-refractivity contribution in [2.24, 2.45) is 0 Å². The van der Waals surface area contributed by atoms with Crippen LogP contribution in [-0.4, -0.2) is 0 Å². The summed E-state index contributed by atoms with van der Waals surface area (Å²) in [5, 5.41) is 0. The Labute approximate surface area is 79.1 Å². The summed E-state index contributed by atoms with van der Waals surface area (Å²) in [6, 6.07) is 7.66. The Morgan fingerprint density at radius 2 is 2.00 bits per heavy atom. The molecule has 0 radical (unpaired) electrons. The Bertz CT molecular complexity index is 296. The minimum atomic E-state index is -0.372. The van der Waals surface area contributed by atoms with Gasteiger partial charge >= 0.3 is 0 Å². The van der Waals surface area contributed by atoms with E-state index < -0.39 is 0 Å². The number of hydrogen-bond donors (Lipinski definition) is 0. The third-order valence-corrected chi connectivity index (χ3v) is 1.89. The minimum absolute atomic E-state index is 0.372. The molecule has 0 spiro atoms. The van der Waals surface area contributed by atoms with Crippen molar-refractivity contribution in [2.45, 2.75) is 26.9 Å². The highest BCUT2D eigenvalue weighted by atomic mass is 19.1. The van der Waals surface area contributed by atoms with Crippen molar-refractivity contribution in [1.29, 1.82) is 0 Å². The van der Waals surface area contributed by atoms with Crippen LogP contribution in [-0.2, 0) is 13.1 Å². The van der Waals surface area contributed by atoms with E-state index in [-0.39, 0.29) is 6.67 Å². The van der Waals surface area contributed by atoms with E-state index in [0.717, 1.165) is 12.0 Å². The molecule has 70 valence electrons. The number of benzene rings is 1. The summed E-state index contributed by atoms with van der Waals surface area (Å²) in [5.41, 5.74) is 3.24. The Hall–Kier alpha value is -1.11. The SMILES string of the molecule is CC(C)=CCc1cccc(CF)c1. The highest BCUT2D eigenvalue weighted by molar-refractivity contribution is 5.25. The predicted octanol–water partition coefficient (Wildman–Crippen LogP) is 3.66. The third kappa shape index (κ3) is 3.41. The highest BCUT2D eigenvalue weighted by Crippen LogP contribution is 2.08. The lowest BCUT2D eigenvalue weighted by Crippen LogP contribution is -1.85. The van der Waals surface area contributed by atoms with Crippen LogP contribution in [0.3, 0.4) is 0 Å². The van der Waals surface area contributed by atoms with Gasteiger partial charge in [0, 0.05) is 0 Å². The van der Waals surface area contributed by atoms with Crippen LogP contribution in [0.1, 0.15) is 25.0 Å². The fraction of sp³-hybridized carbons (Fsp3) is 0.333. The van der Waals surface area contributed by atoms with Crippen LogP contribution in [0.25, 0.3) is 0 Å². The van der Waals surface area contributed by atoms with Gasteiger partial charge < -0.3 is 0 Å². The smallest absolute Gasteiger partial charge is 0.115 e. The molecule has 0 atom stereocenters. The van der Waals surface area contributed by atoms with Gasteiger partial charge in [0.25, 0.3) is 0 Å². The number of hydrogen-bond acceptors (Lipinski definition) is 0. The monoisotopic (exact) mass is 178 g/mol. The van der Waals surface area contributed by atoms with Crippen molar-refractivity contribution < 1.29 is 4.39 Å². The number of allylic oxidation sites excluding steroid dienone is 2. The van der Waals surface area contributed by atoms with Crippen molar-refractivity contribution in [2.75, 3.05) is 0 Å². The molecule has 0 heterocycles. The summed E-state index contributed by atoms with van der Waals surface area (Å²) in [5.74, 6) is 0. The van der Waals surface area contributed by atoms with Crippen LogP contribution in [0.5, 0.6) is 0 Å². The number of halogens is 1. The quantitative estimate of drug-likeness (QED) is 0.619. The van der Waals surface area contributed by atoms with Crippen LogP contribution < -0.4 is 0 Å². The van der Waals surface area contributed by atoms with E-state index in [4.69, 9.17) is 0 Å². The average Bonchev–Trinajstić information content (AvgIpc) is 2.15. The molecule has 0 aromatic heterocycles. The Kier molecular flexibility index (Phi) is 3.69. The maximum absolute atomic E-state index is 12.3. The molecule has 1 heteroatoms. The van der Waals surface area contributed by atoms with Crippen molar-refractivity contribution in [3.63, 3.8) is 0 Å². The molecule has 0 N–H and O–H groups in total. The molecule has 1 aromatic carbocycles. The second-order valence-electron chi connectivity index (χ2n) is 3.44. The van der Waals surface area contributed by atoms with Crippen molar-refractivity contribution in [3.05, 3.63) is 47.0 Å². The first-order chi connectivity index (χ1) is 6.22. The molecule has 0 aliphatic rings. The van der Waals surface area contributed by atoms with Crippen molar-refractivity contribution >= 4 is 0 Å². The zero-order valence-corrected chi connectivity index (χ0v) is 8.18. The number of alkyl halides is 1. The van der Waals surface area contributed by atoms with Crippen molar-refractivity contribution in [3.8, 4) is 0 Å². The van der Waals surface area contributed by atoms with Crippen LogP contribution in [0.15, 0.2) is 35.9 Å². The molecule has 13 heavy (non-hydrogen) atoms. The van der Waals surface area contributed by atoms with Gasteiger partial charge in [-0.25, -0.2) is 4.39 Å². The first-order valence-corrected chi connectivity index (χ1v) is 4.49. The van der Waals surface area contributed by atoms with Gasteiger partial charge in [0.2, 0.25) is 0 Å². The Morgan fingerprint density at radius 3 is 2.62 bits per heavy atom. The summed E-state index contributed by atoms with van der Waals surface area (Å²) in [7, 11) is 0. The fourth-order valence-corrected chi connectivity index (χ4v) is 1.16. The molecule has 0 nitrogen and oxygen atoms in total. The predicted molar refractivity (Wildman–Crippen MR) is 54.4 cm³/mol. The normalized spacial score (nSPS) is 9.77. The molecule has 0 fully saturated rings. The maximum atomic E-state index is 12.3. The summed E-state index contributed by atoms with van der Waals surface area (Å²) in [6.45, 7) is 3.76. The lowest BCUT2D eigenvalue weighted by Gasteiger charge is -1.99. The second-order valence-corrected chi connectivity index (χ2v) is 3.44. The summed E-state index contributed by atoms with van der Waals surface area (Å²) in [4.78, 5) is 0. The summed E-state index contributed by atoms with van der Waals surface area (Å²) in [6.07, 6.45) is 3.05. The Balaban J connectivity index is 2.72. The van der Waals surface area contributed by atoms with Gasteiger partial charge in [-0.3, -0.25) is 0 Å². The molecule has 0 amide bonds. The van der Waals surface area contributed by atoms with Gasteiger partial charge in [-0.05, 0) is 31.4 Å². The number of rotatable bonds is 3. The van der Waals surface area contributed by atoms with Gasteiger partial charge in [-0.1, -0.05) is 35.9 Å². The zero-order valence-electron chi connectivity index (χ0n) is 8.18. The fourth-order valence-electron chi connectivity index (χ4n) is 1.16. The average molecular weight is 178 g/mol. The molecule has 1 rings (SSSR count). The van der Waals surface area contributed by atoms with E-state index in [1.165, 1.54) is 11.1 Å². The molecule has 0 bridgehead atoms. The zero-order chi connectivity index (χ0) is 9.68. The molecule has 0 aliphatic heterocycles. The molecule has 0 saturated heterocycles. The maximum Gasteiger partial charge on any atom is 0.115 e. The van der Waals surface area contributed by atoms with Gasteiger partial charge in [0.15, 0.2) is 0 Å². The van der Waals surface area contributed by atoms with Crippen LogP contribution >= 0.6 is 0 Å². The van der Waals surface area contributed by atoms with Gasteiger partial charge in [-0.15, -0.1) is 0 Å². The first-order valence-electron chi connectivity index (χ1n) is 4.49. The summed E-state index contributed by atoms with van der Waals surface area (Å²) < 4.78 is 12.3. The van der Waals surface area contributed by atoms with Crippen LogP contribution in [0.4, 0.5) is 4.39 Å². The lowest BCUT2D eigenvalue weighted by atomic mass is 10.1. The molecule has 0 saturated carbocycles. The topological polar surface area (TPSA) is 0 Å². The van der Waals surface area contributed by atoms with E-state index in [9.17, 15) is 4.39 Å². The van der Waals surface area contributed by atoms with E-state index in [2.05, 4.69) is 19.9 Å². The van der Waals surface area contributed by atoms with Crippen LogP contribution in [0, 0.1) is 0 Å². The largest absolute Gasteiger partial charge is 0.246 e. The Morgan fingerprint density at radius 1 is 1.31 bits per heavy atom. The van der Waals surface area contributed by atoms with Gasteiger partial charge in [-0.2, -0.15) is 0 Å². The molecule has 0 aliphatic carbocycles. The third-order valence-electron chi connectivity index (χ3n) is 1.89. The molecule has 1 aromatic rings. The first kappa shape index (κ1) is 9.97. The van der Waals surface area contributed by atoms with E-state index in [0.29, 0.717) is 0 Å². The van der Waals surface area contributed by atoms with Crippen LogP contribution in [0.2, 0.25) is 0 Å².